The lowest BCUT2D eigenvalue weighted by atomic mass is 10.2. The van der Waals surface area contributed by atoms with Crippen molar-refractivity contribution in [3.63, 3.8) is 0 Å². The van der Waals surface area contributed by atoms with E-state index < -0.39 is 12.1 Å². The third-order valence-electron chi connectivity index (χ3n) is 2.57. The van der Waals surface area contributed by atoms with Crippen molar-refractivity contribution in [3.05, 3.63) is 0 Å². The maximum Gasteiger partial charge on any atom is 0.321 e. The average molecular weight is 289 g/mol. The van der Waals surface area contributed by atoms with Gasteiger partial charge in [-0.15, -0.1) is 0 Å². The summed E-state index contributed by atoms with van der Waals surface area (Å²) >= 11 is 0. The molecular formula is C13H27N3O4. The van der Waals surface area contributed by atoms with Gasteiger partial charge in [-0.1, -0.05) is 0 Å². The predicted molar refractivity (Wildman–Crippen MR) is 76.6 cm³/mol. The molecule has 0 aliphatic rings. The molecule has 0 saturated heterocycles. The maximum atomic E-state index is 11.6. The van der Waals surface area contributed by atoms with Crippen molar-refractivity contribution in [1.82, 2.24) is 16.0 Å². The van der Waals surface area contributed by atoms with Crippen molar-refractivity contribution in [1.29, 1.82) is 0 Å². The number of ether oxygens (including phenoxy) is 2. The molecule has 7 heteroatoms. The van der Waals surface area contributed by atoms with E-state index >= 15 is 0 Å². The molecule has 0 bridgehead atoms. The van der Waals surface area contributed by atoms with Crippen LogP contribution >= 0.6 is 0 Å². The zero-order chi connectivity index (χ0) is 15.2. The topological polar surface area (TPSA) is 88.7 Å². The second-order valence-electron chi connectivity index (χ2n) is 4.34. The van der Waals surface area contributed by atoms with Crippen LogP contribution in [0.2, 0.25) is 0 Å². The lowest BCUT2D eigenvalue weighted by Crippen LogP contribution is -2.48. The van der Waals surface area contributed by atoms with E-state index in [0.29, 0.717) is 32.9 Å². The number of unbranched alkanes of at least 4 members (excludes halogenated alkanes) is 1. The minimum absolute atomic E-state index is 0.327. The van der Waals surface area contributed by atoms with Gasteiger partial charge < -0.3 is 20.1 Å². The second kappa shape index (κ2) is 12.8. The van der Waals surface area contributed by atoms with Gasteiger partial charge in [-0.05, 0) is 33.2 Å². The molecule has 0 saturated carbocycles. The highest BCUT2D eigenvalue weighted by Gasteiger charge is 2.14. The largest absolute Gasteiger partial charge is 0.382 e. The molecule has 0 aliphatic heterocycles. The molecular weight excluding hydrogens is 262 g/mol. The van der Waals surface area contributed by atoms with Crippen LogP contribution in [0, 0.1) is 0 Å². The van der Waals surface area contributed by atoms with E-state index in [1.807, 2.05) is 0 Å². The third-order valence-corrected chi connectivity index (χ3v) is 2.57. The van der Waals surface area contributed by atoms with Crippen LogP contribution in [0.1, 0.15) is 26.7 Å². The molecule has 3 amide bonds. The summed E-state index contributed by atoms with van der Waals surface area (Å²) < 4.78 is 10.2. The highest BCUT2D eigenvalue weighted by atomic mass is 16.5. The zero-order valence-electron chi connectivity index (χ0n) is 12.7. The summed E-state index contributed by atoms with van der Waals surface area (Å²) in [5, 5.41) is 7.83. The molecule has 1 unspecified atom stereocenters. The molecule has 0 heterocycles. The lowest BCUT2D eigenvalue weighted by molar-refractivity contribution is -0.121. The van der Waals surface area contributed by atoms with Crippen LogP contribution in [0.15, 0.2) is 0 Å². The Balaban J connectivity index is 3.50. The van der Waals surface area contributed by atoms with Gasteiger partial charge in [0, 0.05) is 20.3 Å². The first kappa shape index (κ1) is 18.8. The number of imide groups is 1. The molecule has 3 N–H and O–H groups in total. The minimum Gasteiger partial charge on any atom is -0.382 e. The van der Waals surface area contributed by atoms with Gasteiger partial charge in [0.25, 0.3) is 0 Å². The van der Waals surface area contributed by atoms with Crippen molar-refractivity contribution < 1.29 is 19.1 Å². The summed E-state index contributed by atoms with van der Waals surface area (Å²) in [7, 11) is 1.64. The average Bonchev–Trinajstić information content (AvgIpc) is 2.41. The highest BCUT2D eigenvalue weighted by Crippen LogP contribution is 1.91. The fourth-order valence-corrected chi connectivity index (χ4v) is 1.41. The molecule has 20 heavy (non-hydrogen) atoms. The summed E-state index contributed by atoms with van der Waals surface area (Å²) in [4.78, 5) is 22.8. The molecule has 1 atom stereocenters. The fourth-order valence-electron chi connectivity index (χ4n) is 1.41. The van der Waals surface area contributed by atoms with E-state index in [2.05, 4.69) is 16.0 Å². The maximum absolute atomic E-state index is 11.6. The van der Waals surface area contributed by atoms with Gasteiger partial charge in [-0.3, -0.25) is 10.1 Å². The molecule has 0 aromatic heterocycles. The monoisotopic (exact) mass is 289 g/mol. The first-order valence-electron chi connectivity index (χ1n) is 7.00. The van der Waals surface area contributed by atoms with E-state index in [1.54, 1.807) is 21.0 Å². The normalized spacial score (nSPS) is 11.9. The third kappa shape index (κ3) is 10.7. The molecule has 0 aromatic rings. The van der Waals surface area contributed by atoms with Gasteiger partial charge >= 0.3 is 6.03 Å². The summed E-state index contributed by atoms with van der Waals surface area (Å²) in [5.41, 5.74) is 0. The minimum atomic E-state index is -0.460. The van der Waals surface area contributed by atoms with Gasteiger partial charge in [0.05, 0.1) is 19.3 Å². The number of hydrogen-bond donors (Lipinski definition) is 3. The molecule has 0 rings (SSSR count). The van der Waals surface area contributed by atoms with Crippen molar-refractivity contribution in [2.45, 2.75) is 32.7 Å². The number of rotatable bonds is 11. The number of carbonyl (C=O) groups is 2. The summed E-state index contributed by atoms with van der Waals surface area (Å²) in [6.07, 6.45) is 1.83. The Morgan fingerprint density at radius 1 is 1.15 bits per heavy atom. The number of nitrogens with one attached hydrogen (secondary N) is 3. The molecule has 0 aromatic carbocycles. The smallest absolute Gasteiger partial charge is 0.321 e. The van der Waals surface area contributed by atoms with Crippen LogP contribution in [0.4, 0.5) is 4.79 Å². The quantitative estimate of drug-likeness (QED) is 0.475. The standard InChI is InChI=1S/C13H27N3O4/c1-4-14-13(18)16-12(17)11(2)15-7-5-6-8-20-10-9-19-3/h11,15H,4-10H2,1-3H3,(H2,14,16,17,18). The van der Waals surface area contributed by atoms with Crippen LogP contribution in [-0.4, -0.2) is 58.0 Å². The van der Waals surface area contributed by atoms with Crippen molar-refractivity contribution in [3.8, 4) is 0 Å². The van der Waals surface area contributed by atoms with Gasteiger partial charge in [0.15, 0.2) is 0 Å². The van der Waals surface area contributed by atoms with E-state index in [1.165, 1.54) is 0 Å². The van der Waals surface area contributed by atoms with Crippen molar-refractivity contribution >= 4 is 11.9 Å². The fraction of sp³-hybridized carbons (Fsp3) is 0.846. The Labute approximate surface area is 120 Å². The first-order valence-corrected chi connectivity index (χ1v) is 7.00. The summed E-state index contributed by atoms with van der Waals surface area (Å²) in [5.74, 6) is -0.327. The Morgan fingerprint density at radius 2 is 1.90 bits per heavy atom. The van der Waals surface area contributed by atoms with Crippen LogP contribution in [0.5, 0.6) is 0 Å². The van der Waals surface area contributed by atoms with Crippen molar-refractivity contribution in [2.75, 3.05) is 40.0 Å². The van der Waals surface area contributed by atoms with Crippen LogP contribution in [0.3, 0.4) is 0 Å². The van der Waals surface area contributed by atoms with Gasteiger partial charge in [0.2, 0.25) is 5.91 Å². The second-order valence-corrected chi connectivity index (χ2v) is 4.34. The Morgan fingerprint density at radius 3 is 2.55 bits per heavy atom. The number of methoxy groups -OCH3 is 1. The summed E-state index contributed by atoms with van der Waals surface area (Å²) in [6, 6.07) is -0.857. The van der Waals surface area contributed by atoms with Gasteiger partial charge in [-0.2, -0.15) is 0 Å². The number of hydrogen-bond acceptors (Lipinski definition) is 5. The highest BCUT2D eigenvalue weighted by molar-refractivity contribution is 5.96. The van der Waals surface area contributed by atoms with Crippen LogP contribution in [-0.2, 0) is 14.3 Å². The zero-order valence-corrected chi connectivity index (χ0v) is 12.7. The number of urea groups is 1. The van der Waals surface area contributed by atoms with Crippen LogP contribution in [0.25, 0.3) is 0 Å². The molecule has 0 fully saturated rings. The molecule has 118 valence electrons. The number of carbonyl (C=O) groups excluding carboxylic acids is 2. The Hall–Kier alpha value is -1.18. The van der Waals surface area contributed by atoms with Gasteiger partial charge in [-0.25, -0.2) is 4.79 Å². The van der Waals surface area contributed by atoms with Crippen LogP contribution < -0.4 is 16.0 Å². The Kier molecular flexibility index (Phi) is 12.1. The van der Waals surface area contributed by atoms with E-state index in [0.717, 1.165) is 12.8 Å². The first-order chi connectivity index (χ1) is 9.61. The molecule has 0 aliphatic carbocycles. The van der Waals surface area contributed by atoms with Crippen molar-refractivity contribution in [2.24, 2.45) is 0 Å². The summed E-state index contributed by atoms with van der Waals surface area (Å²) in [6.45, 7) is 6.61. The van der Waals surface area contributed by atoms with Gasteiger partial charge in [0.1, 0.15) is 0 Å². The van der Waals surface area contributed by atoms with E-state index in [9.17, 15) is 9.59 Å². The SMILES string of the molecule is CCNC(=O)NC(=O)C(C)NCCCCOCCOC. The van der Waals surface area contributed by atoms with E-state index in [4.69, 9.17) is 9.47 Å². The lowest BCUT2D eigenvalue weighted by Gasteiger charge is -2.13. The molecule has 0 radical (unpaired) electrons. The predicted octanol–water partition coefficient (Wildman–Crippen LogP) is 0.253. The molecule has 7 nitrogen and oxygen atoms in total. The van der Waals surface area contributed by atoms with E-state index in [-0.39, 0.29) is 5.91 Å². The molecule has 0 spiro atoms. The number of amides is 3. The Bertz CT molecular complexity index is 274.